The first-order valence-corrected chi connectivity index (χ1v) is 5.22. The molecule has 1 rings (SSSR count). The molecule has 1 heterocycles. The van der Waals surface area contributed by atoms with Crippen molar-refractivity contribution in [1.29, 1.82) is 0 Å². The number of pyridine rings is 1. The average Bonchev–Trinajstić information content (AvgIpc) is 2.27. The fourth-order valence-corrected chi connectivity index (χ4v) is 1.64. The second kappa shape index (κ2) is 5.77. The number of aromatic nitrogens is 1. The Kier molecular flexibility index (Phi) is 4.62. The number of hydrogen-bond donors (Lipinski definition) is 1. The first-order valence-electron chi connectivity index (χ1n) is 4.68. The molecule has 0 aliphatic heterocycles. The minimum atomic E-state index is -2.77. The molecule has 2 N–H and O–H groups in total. The molecule has 0 aliphatic rings. The number of anilines is 1. The van der Waals surface area contributed by atoms with Crippen LogP contribution in [0.5, 0.6) is 0 Å². The quantitative estimate of drug-likeness (QED) is 0.668. The summed E-state index contributed by atoms with van der Waals surface area (Å²) in [5.41, 5.74) is 5.19. The molecule has 0 fully saturated rings. The summed E-state index contributed by atoms with van der Waals surface area (Å²) in [5, 5.41) is 0. The summed E-state index contributed by atoms with van der Waals surface area (Å²) in [4.78, 5) is 14.8. The number of halogens is 3. The van der Waals surface area contributed by atoms with E-state index in [-0.39, 0.29) is 34.9 Å². The maximum absolute atomic E-state index is 12.9. The molecule has 17 heavy (non-hydrogen) atoms. The number of ether oxygens (including phenoxy) is 1. The normalized spacial score (nSPS) is 10.6. The molecular weight excluding hydrogens is 254 g/mol. The number of nitrogen functional groups attached to an aromatic ring is 1. The molecule has 94 valence electrons. The summed E-state index contributed by atoms with van der Waals surface area (Å²) < 4.78 is 30.2. The molecule has 7 heteroatoms. The highest BCUT2D eigenvalue weighted by molar-refractivity contribution is 6.17. The minimum absolute atomic E-state index is 0.0134. The van der Waals surface area contributed by atoms with Crippen molar-refractivity contribution < 1.29 is 18.3 Å². The average molecular weight is 265 g/mol. The predicted molar refractivity (Wildman–Crippen MR) is 58.9 cm³/mol. The Hall–Kier alpha value is -1.43. The van der Waals surface area contributed by atoms with Crippen LogP contribution in [0.15, 0.2) is 6.07 Å². The lowest BCUT2D eigenvalue weighted by Gasteiger charge is -2.12. The van der Waals surface area contributed by atoms with E-state index in [0.717, 1.165) is 0 Å². The maximum Gasteiger partial charge on any atom is 0.309 e. The van der Waals surface area contributed by atoms with Crippen LogP contribution in [0.1, 0.15) is 23.2 Å². The van der Waals surface area contributed by atoms with Crippen molar-refractivity contribution in [3.05, 3.63) is 22.9 Å². The van der Waals surface area contributed by atoms with E-state index in [1.807, 2.05) is 0 Å². The van der Waals surface area contributed by atoms with Gasteiger partial charge in [0.1, 0.15) is 5.82 Å². The molecule has 0 bridgehead atoms. The molecule has 0 unspecified atom stereocenters. The van der Waals surface area contributed by atoms with Gasteiger partial charge in [0.05, 0.1) is 25.1 Å². The van der Waals surface area contributed by atoms with Crippen LogP contribution in [0.3, 0.4) is 0 Å². The highest BCUT2D eigenvalue weighted by atomic mass is 35.5. The third kappa shape index (κ3) is 3.26. The van der Waals surface area contributed by atoms with Crippen LogP contribution < -0.4 is 5.73 Å². The van der Waals surface area contributed by atoms with Crippen LogP contribution in [0.2, 0.25) is 0 Å². The topological polar surface area (TPSA) is 65.2 Å². The van der Waals surface area contributed by atoms with E-state index in [4.69, 9.17) is 17.3 Å². The SMILES string of the molecule is COC(=O)Cc1cc(N)nc(CCl)c1C(F)F. The molecule has 0 aliphatic carbocycles. The van der Waals surface area contributed by atoms with Crippen LogP contribution in [0.25, 0.3) is 0 Å². The Morgan fingerprint density at radius 3 is 2.76 bits per heavy atom. The van der Waals surface area contributed by atoms with E-state index in [9.17, 15) is 13.6 Å². The lowest BCUT2D eigenvalue weighted by atomic mass is 10.0. The summed E-state index contributed by atoms with van der Waals surface area (Å²) in [6.07, 6.45) is -3.05. The Balaban J connectivity index is 3.25. The van der Waals surface area contributed by atoms with Crippen LogP contribution >= 0.6 is 11.6 Å². The summed E-state index contributed by atoms with van der Waals surface area (Å²) in [7, 11) is 1.18. The number of carbonyl (C=O) groups excluding carboxylic acids is 1. The smallest absolute Gasteiger partial charge is 0.309 e. The predicted octanol–water partition coefficient (Wildman–Crippen LogP) is 2.06. The van der Waals surface area contributed by atoms with Gasteiger partial charge in [0, 0.05) is 5.56 Å². The summed E-state index contributed by atoms with van der Waals surface area (Å²) in [5.74, 6) is -0.777. The van der Waals surface area contributed by atoms with Gasteiger partial charge in [-0.3, -0.25) is 4.79 Å². The Morgan fingerprint density at radius 1 is 1.65 bits per heavy atom. The van der Waals surface area contributed by atoms with Crippen LogP contribution in [-0.4, -0.2) is 18.1 Å². The van der Waals surface area contributed by atoms with Gasteiger partial charge in [-0.25, -0.2) is 13.8 Å². The van der Waals surface area contributed by atoms with Gasteiger partial charge >= 0.3 is 5.97 Å². The zero-order valence-electron chi connectivity index (χ0n) is 9.04. The highest BCUT2D eigenvalue weighted by Gasteiger charge is 2.21. The molecule has 1 aromatic rings. The molecule has 0 aromatic carbocycles. The van der Waals surface area contributed by atoms with Crippen molar-refractivity contribution in [3.63, 3.8) is 0 Å². The third-order valence-corrected chi connectivity index (χ3v) is 2.40. The van der Waals surface area contributed by atoms with Gasteiger partial charge in [-0.1, -0.05) is 0 Å². The van der Waals surface area contributed by atoms with E-state index in [2.05, 4.69) is 9.72 Å². The number of methoxy groups -OCH3 is 1. The largest absolute Gasteiger partial charge is 0.469 e. The second-order valence-corrected chi connectivity index (χ2v) is 3.52. The molecule has 0 saturated heterocycles. The molecule has 4 nitrogen and oxygen atoms in total. The van der Waals surface area contributed by atoms with Crippen molar-refractivity contribution in [3.8, 4) is 0 Å². The van der Waals surface area contributed by atoms with Gasteiger partial charge in [-0.15, -0.1) is 11.6 Å². The van der Waals surface area contributed by atoms with Gasteiger partial charge in [0.25, 0.3) is 6.43 Å². The molecule has 1 aromatic heterocycles. The number of rotatable bonds is 4. The van der Waals surface area contributed by atoms with Crippen LogP contribution in [-0.2, 0) is 21.8 Å². The first-order chi connectivity index (χ1) is 7.99. The third-order valence-electron chi connectivity index (χ3n) is 2.15. The number of nitrogens with zero attached hydrogens (tertiary/aromatic N) is 1. The lowest BCUT2D eigenvalue weighted by molar-refractivity contribution is -0.139. The Bertz CT molecular complexity index is 427. The van der Waals surface area contributed by atoms with E-state index >= 15 is 0 Å². The minimum Gasteiger partial charge on any atom is -0.469 e. The maximum atomic E-state index is 12.9. The fraction of sp³-hybridized carbons (Fsp3) is 0.400. The number of alkyl halides is 3. The van der Waals surface area contributed by atoms with Gasteiger partial charge < -0.3 is 10.5 Å². The molecule has 0 amide bonds. The first kappa shape index (κ1) is 13.6. The second-order valence-electron chi connectivity index (χ2n) is 3.25. The number of esters is 1. The summed E-state index contributed by atoms with van der Waals surface area (Å²) in [6.45, 7) is 0. The van der Waals surface area contributed by atoms with Crippen LogP contribution in [0.4, 0.5) is 14.6 Å². The van der Waals surface area contributed by atoms with Crippen LogP contribution in [0, 0.1) is 0 Å². The lowest BCUT2D eigenvalue weighted by Crippen LogP contribution is -2.11. The van der Waals surface area contributed by atoms with Crippen molar-refractivity contribution in [1.82, 2.24) is 4.98 Å². The van der Waals surface area contributed by atoms with E-state index in [1.165, 1.54) is 13.2 Å². The Morgan fingerprint density at radius 2 is 2.29 bits per heavy atom. The zero-order chi connectivity index (χ0) is 13.0. The van der Waals surface area contributed by atoms with Gasteiger partial charge in [-0.2, -0.15) is 0 Å². The van der Waals surface area contributed by atoms with Crippen molar-refractivity contribution in [2.75, 3.05) is 12.8 Å². The van der Waals surface area contributed by atoms with Crippen molar-refractivity contribution >= 4 is 23.4 Å². The van der Waals surface area contributed by atoms with Crippen molar-refractivity contribution in [2.45, 2.75) is 18.7 Å². The molecular formula is C10H11ClF2N2O2. The number of hydrogen-bond acceptors (Lipinski definition) is 4. The molecule has 0 saturated carbocycles. The number of nitrogens with two attached hydrogens (primary N) is 1. The number of carbonyl (C=O) groups is 1. The molecule has 0 atom stereocenters. The van der Waals surface area contributed by atoms with Gasteiger partial charge in [-0.05, 0) is 11.6 Å². The standard InChI is InChI=1S/C10H11ClF2N2O2/c1-17-8(16)3-5-2-7(14)15-6(4-11)9(5)10(12)13/h2,10H,3-4H2,1H3,(H2,14,15). The highest BCUT2D eigenvalue weighted by Crippen LogP contribution is 2.28. The fourth-order valence-electron chi connectivity index (χ4n) is 1.43. The summed E-state index contributed by atoms with van der Waals surface area (Å²) in [6, 6.07) is 1.23. The van der Waals surface area contributed by atoms with E-state index in [0.29, 0.717) is 0 Å². The van der Waals surface area contributed by atoms with Gasteiger partial charge in [0.2, 0.25) is 0 Å². The molecule has 0 spiro atoms. The zero-order valence-corrected chi connectivity index (χ0v) is 9.80. The van der Waals surface area contributed by atoms with E-state index in [1.54, 1.807) is 0 Å². The van der Waals surface area contributed by atoms with E-state index < -0.39 is 12.4 Å². The summed E-state index contributed by atoms with van der Waals surface area (Å²) >= 11 is 5.52. The Labute approximate surface area is 102 Å². The van der Waals surface area contributed by atoms with Crippen molar-refractivity contribution in [2.24, 2.45) is 0 Å². The molecule has 0 radical (unpaired) electrons. The monoisotopic (exact) mass is 264 g/mol. The van der Waals surface area contributed by atoms with Gasteiger partial charge in [0.15, 0.2) is 0 Å².